The van der Waals surface area contributed by atoms with Crippen LogP contribution < -0.4 is 21.2 Å². The van der Waals surface area contributed by atoms with Crippen LogP contribution in [-0.4, -0.2) is 5.40 Å². The van der Waals surface area contributed by atoms with Crippen molar-refractivity contribution in [1.82, 2.24) is 0 Å². The Hall–Kier alpha value is -2.26. The highest BCUT2D eigenvalue weighted by atomic mass is 31.2. The van der Waals surface area contributed by atoms with Crippen LogP contribution in [0.15, 0.2) is 72.8 Å². The minimum Gasteiger partial charge on any atom is -0.0654 e. The summed E-state index contributed by atoms with van der Waals surface area (Å²) in [4.78, 5) is 0. The van der Waals surface area contributed by atoms with Gasteiger partial charge in [-0.3, -0.25) is 0 Å². The maximum Gasteiger partial charge on any atom is 0.0152 e. The fourth-order valence-corrected chi connectivity index (χ4v) is 17.9. The van der Waals surface area contributed by atoms with Crippen molar-refractivity contribution >= 4 is 37.1 Å². The third-order valence-corrected chi connectivity index (χ3v) is 20.4. The third kappa shape index (κ3) is 14.4. The fourth-order valence-electron chi connectivity index (χ4n) is 9.74. The molecule has 0 nitrogen and oxygen atoms in total. The lowest BCUT2D eigenvalue weighted by molar-refractivity contribution is 0.759. The maximum absolute atomic E-state index is 2.66. The predicted octanol–water partition coefficient (Wildman–Crippen LogP) is 16.7. The Kier molecular flexibility index (Phi) is 24.6. The highest BCUT2D eigenvalue weighted by Crippen LogP contribution is 2.60. The van der Waals surface area contributed by atoms with Crippen LogP contribution in [0.4, 0.5) is 0 Å². The second-order valence-electron chi connectivity index (χ2n) is 18.1. The molecule has 0 aliphatic rings. The highest BCUT2D eigenvalue weighted by Gasteiger charge is 2.37. The van der Waals surface area contributed by atoms with Crippen molar-refractivity contribution in [2.45, 2.75) is 228 Å². The van der Waals surface area contributed by atoms with Gasteiger partial charge in [0.25, 0.3) is 0 Å². The van der Waals surface area contributed by atoms with Crippen LogP contribution in [0.25, 0.3) is 0 Å². The summed E-state index contributed by atoms with van der Waals surface area (Å²) >= 11 is 0. The van der Waals surface area contributed by atoms with Gasteiger partial charge in [-0.1, -0.05) is 186 Å². The molecule has 2 heteroatoms. The first-order chi connectivity index (χ1) is 30.0. The molecule has 0 atom stereocenters. The van der Waals surface area contributed by atoms with E-state index in [1.54, 1.807) is 65.7 Å². The zero-order valence-electron chi connectivity index (χ0n) is 41.1. The first kappa shape index (κ1) is 51.4. The van der Waals surface area contributed by atoms with E-state index < -0.39 is 15.8 Å². The maximum atomic E-state index is 2.66. The Bertz CT molecular complexity index is 1560. The van der Waals surface area contributed by atoms with Crippen molar-refractivity contribution in [3.63, 3.8) is 0 Å². The van der Waals surface area contributed by atoms with Gasteiger partial charge in [-0.15, -0.1) is 0 Å². The number of unbranched alkanes of at least 4 members (excludes halogenated alkanes) is 8. The molecule has 0 amide bonds. The van der Waals surface area contributed by atoms with Crippen LogP contribution in [0.1, 0.15) is 216 Å². The Morgan fingerprint density at radius 1 is 0.295 bits per heavy atom. The van der Waals surface area contributed by atoms with E-state index >= 15 is 0 Å². The molecule has 0 aliphatic carbocycles. The summed E-state index contributed by atoms with van der Waals surface area (Å²) in [5.74, 6) is 0. The van der Waals surface area contributed by atoms with Gasteiger partial charge >= 0.3 is 0 Å². The lowest BCUT2D eigenvalue weighted by atomic mass is 9.97. The molecule has 4 rings (SSSR count). The minimum atomic E-state index is -0.701. The molecule has 0 aliphatic heterocycles. The van der Waals surface area contributed by atoms with Gasteiger partial charge < -0.3 is 0 Å². The molecule has 0 aromatic heterocycles. The summed E-state index contributed by atoms with van der Waals surface area (Å²) in [6.45, 7) is 21.7. The molecule has 0 radical (unpaired) electrons. The van der Waals surface area contributed by atoms with Gasteiger partial charge in [-0.2, -0.15) is 0 Å². The number of aryl methyl sites for hydroxylation is 4. The van der Waals surface area contributed by atoms with Crippen LogP contribution >= 0.6 is 15.8 Å². The predicted molar refractivity (Wildman–Crippen MR) is 281 cm³/mol. The molecule has 0 heterocycles. The molecule has 0 saturated carbocycles. The normalized spacial score (nSPS) is 11.8. The van der Waals surface area contributed by atoms with Gasteiger partial charge in [0, 0.05) is 5.40 Å². The Morgan fingerprint density at radius 2 is 0.508 bits per heavy atom. The molecule has 0 spiro atoms. The molecule has 0 saturated heterocycles. The van der Waals surface area contributed by atoms with Crippen molar-refractivity contribution in [3.05, 3.63) is 117 Å². The topological polar surface area (TPSA) is 0 Å². The van der Waals surface area contributed by atoms with E-state index in [-0.39, 0.29) is 0 Å². The van der Waals surface area contributed by atoms with Crippen LogP contribution in [0.5, 0.6) is 0 Å². The van der Waals surface area contributed by atoms with Crippen LogP contribution in [0.3, 0.4) is 0 Å². The van der Waals surface area contributed by atoms with Crippen molar-refractivity contribution < 1.29 is 0 Å². The summed E-state index contributed by atoms with van der Waals surface area (Å²) in [5.41, 5.74) is 13.5. The third-order valence-electron chi connectivity index (χ3n) is 13.3. The smallest absolute Gasteiger partial charge is 0.0152 e. The summed E-state index contributed by atoms with van der Waals surface area (Å²) in [5, 5.41) is 7.47. The SMILES string of the molecule is CCCCc1cccc(P(c2cccc(CCCC)c2CCCC)C(CC)P(c2cccc(CCCC)c2CCCC)c2cccc(CCCC)c2CCCC)c1CCCC. The monoisotopic (exact) mass is 861 g/mol. The molecule has 61 heavy (non-hydrogen) atoms. The average Bonchev–Trinajstić information content (AvgIpc) is 3.29. The first-order valence-electron chi connectivity index (χ1n) is 26.0. The van der Waals surface area contributed by atoms with E-state index in [0.29, 0.717) is 5.40 Å². The van der Waals surface area contributed by atoms with E-state index in [2.05, 4.69) is 135 Å². The van der Waals surface area contributed by atoms with Crippen molar-refractivity contribution in [2.75, 3.05) is 0 Å². The first-order valence-corrected chi connectivity index (χ1v) is 28.8. The van der Waals surface area contributed by atoms with Crippen LogP contribution in [0.2, 0.25) is 0 Å². The van der Waals surface area contributed by atoms with Crippen LogP contribution in [0, 0.1) is 0 Å². The molecule has 0 bridgehead atoms. The van der Waals surface area contributed by atoms with Crippen molar-refractivity contribution in [3.8, 4) is 0 Å². The summed E-state index contributed by atoms with van der Waals surface area (Å²) in [7, 11) is -1.40. The molecular formula is C59H90P2. The van der Waals surface area contributed by atoms with Gasteiger partial charge in [0.1, 0.15) is 0 Å². The van der Waals surface area contributed by atoms with Gasteiger partial charge in [0.05, 0.1) is 0 Å². The number of hydrogen-bond donors (Lipinski definition) is 0. The lowest BCUT2D eigenvalue weighted by Crippen LogP contribution is -2.33. The summed E-state index contributed by atoms with van der Waals surface area (Å²) in [6, 6.07) is 30.7. The molecule has 0 unspecified atom stereocenters. The number of rotatable bonds is 31. The number of benzene rings is 4. The number of hydrogen-bond acceptors (Lipinski definition) is 0. The highest BCUT2D eigenvalue weighted by molar-refractivity contribution is 7.89. The van der Waals surface area contributed by atoms with E-state index in [4.69, 9.17) is 0 Å². The van der Waals surface area contributed by atoms with E-state index in [1.807, 2.05) is 0 Å². The standard InChI is InChI=1S/C59H90P2/c1-10-19-31-47-35-27-43-55(51(47)39-23-14-5)60(56-44-28-36-48(32-20-11-2)52(56)40-24-15-6)59(18-9)61(57-45-29-37-49(33-21-12-3)53(57)41-25-16-7)58-46-30-38-50(34-22-13-4)54(58)42-26-17-8/h27-30,35-38,43-46,59H,10-26,31-34,39-42H2,1-9H3. The van der Waals surface area contributed by atoms with Crippen molar-refractivity contribution in [2.24, 2.45) is 0 Å². The van der Waals surface area contributed by atoms with E-state index in [0.717, 1.165) is 0 Å². The van der Waals surface area contributed by atoms with Gasteiger partial charge in [-0.25, -0.2) is 0 Å². The van der Waals surface area contributed by atoms with Gasteiger partial charge in [0.2, 0.25) is 0 Å². The van der Waals surface area contributed by atoms with Crippen LogP contribution in [-0.2, 0) is 51.4 Å². The zero-order chi connectivity index (χ0) is 43.8. The molecule has 336 valence electrons. The fraction of sp³-hybridized carbons (Fsp3) is 0.593. The molecule has 4 aromatic carbocycles. The van der Waals surface area contributed by atoms with E-state index in [9.17, 15) is 0 Å². The molecule has 0 fully saturated rings. The van der Waals surface area contributed by atoms with Gasteiger partial charge in [0.15, 0.2) is 0 Å². The second-order valence-corrected chi connectivity index (χ2v) is 23.2. The molecule has 4 aromatic rings. The van der Waals surface area contributed by atoms with Gasteiger partial charge in [-0.05, 0) is 191 Å². The summed E-state index contributed by atoms with van der Waals surface area (Å²) < 4.78 is 0. The summed E-state index contributed by atoms with van der Waals surface area (Å²) in [6.07, 6.45) is 31.0. The van der Waals surface area contributed by atoms with E-state index in [1.165, 1.54) is 161 Å². The Labute approximate surface area is 380 Å². The average molecular weight is 861 g/mol. The second kappa shape index (κ2) is 29.2. The minimum absolute atomic E-state index is 0.539. The Morgan fingerprint density at radius 3 is 0.705 bits per heavy atom. The largest absolute Gasteiger partial charge is 0.0654 e. The quantitative estimate of drug-likeness (QED) is 0.0442. The lowest BCUT2D eigenvalue weighted by Gasteiger charge is -2.40. The molecule has 0 N–H and O–H groups in total. The zero-order valence-corrected chi connectivity index (χ0v) is 42.9. The molecular weight excluding hydrogens is 771 g/mol. The van der Waals surface area contributed by atoms with Crippen molar-refractivity contribution in [1.29, 1.82) is 0 Å². The Balaban J connectivity index is 2.25.